The van der Waals surface area contributed by atoms with Crippen molar-refractivity contribution in [1.29, 1.82) is 0 Å². The first-order valence-corrected chi connectivity index (χ1v) is 5.74. The molecule has 88 valence electrons. The Labute approximate surface area is 92.2 Å². The van der Waals surface area contributed by atoms with Crippen LogP contribution in [-0.4, -0.2) is 43.0 Å². The van der Waals surface area contributed by atoms with Crippen LogP contribution in [0.15, 0.2) is 0 Å². The molecule has 0 saturated carbocycles. The van der Waals surface area contributed by atoms with E-state index >= 15 is 0 Å². The average molecular weight is 213 g/mol. The van der Waals surface area contributed by atoms with Crippen LogP contribution in [0.4, 0.5) is 0 Å². The zero-order valence-corrected chi connectivity index (χ0v) is 9.99. The lowest BCUT2D eigenvalue weighted by atomic mass is 9.91. The van der Waals surface area contributed by atoms with E-state index in [1.54, 1.807) is 0 Å². The van der Waals surface area contributed by atoms with Crippen LogP contribution in [0.1, 0.15) is 26.7 Å². The highest BCUT2D eigenvalue weighted by Crippen LogP contribution is 2.18. The molecule has 1 aliphatic heterocycles. The molecule has 0 aromatic heterocycles. The summed E-state index contributed by atoms with van der Waals surface area (Å²) in [4.78, 5) is 13.3. The van der Waals surface area contributed by atoms with Gasteiger partial charge in [0.05, 0.1) is 6.04 Å². The monoisotopic (exact) mass is 213 g/mol. The highest BCUT2D eigenvalue weighted by atomic mass is 16.1. The number of nitrogens with one attached hydrogen (secondary N) is 1. The second-order valence-electron chi connectivity index (χ2n) is 4.74. The number of hydrogen-bond donors (Lipinski definition) is 2. The van der Waals surface area contributed by atoms with Crippen LogP contribution in [0.2, 0.25) is 0 Å². The minimum absolute atomic E-state index is 0.229. The van der Waals surface area contributed by atoms with E-state index in [0.29, 0.717) is 12.0 Å². The van der Waals surface area contributed by atoms with Gasteiger partial charge in [0.25, 0.3) is 0 Å². The normalized spacial score (nSPS) is 27.3. The lowest BCUT2D eigenvalue weighted by Crippen LogP contribution is -2.49. The molecule has 1 heterocycles. The molecule has 15 heavy (non-hydrogen) atoms. The molecule has 1 amide bonds. The standard InChI is InChI=1S/C11H23N3O/c1-8(13-9(2)11(12)15)10-5-4-6-14(3)7-10/h8-10,13H,4-7H2,1-3H3,(H2,12,15). The maximum absolute atomic E-state index is 10.9. The summed E-state index contributed by atoms with van der Waals surface area (Å²) in [6.07, 6.45) is 2.49. The molecule has 4 nitrogen and oxygen atoms in total. The first kappa shape index (κ1) is 12.5. The Balaban J connectivity index is 2.38. The molecular weight excluding hydrogens is 190 g/mol. The van der Waals surface area contributed by atoms with Crippen LogP contribution in [-0.2, 0) is 4.79 Å². The van der Waals surface area contributed by atoms with Gasteiger partial charge in [0.15, 0.2) is 0 Å². The van der Waals surface area contributed by atoms with Gasteiger partial charge in [-0.2, -0.15) is 0 Å². The van der Waals surface area contributed by atoms with Gasteiger partial charge in [-0.3, -0.25) is 4.79 Å². The Bertz CT molecular complexity index is 220. The largest absolute Gasteiger partial charge is 0.368 e. The van der Waals surface area contributed by atoms with Crippen molar-refractivity contribution < 1.29 is 4.79 Å². The fourth-order valence-corrected chi connectivity index (χ4v) is 2.23. The molecule has 1 fully saturated rings. The minimum atomic E-state index is -0.272. The Morgan fingerprint density at radius 3 is 2.73 bits per heavy atom. The molecule has 3 N–H and O–H groups in total. The number of carbonyl (C=O) groups excluding carboxylic acids is 1. The SMILES string of the molecule is CC(NC(C)C1CCCN(C)C1)C(N)=O. The molecule has 0 bridgehead atoms. The van der Waals surface area contributed by atoms with Gasteiger partial charge in [0, 0.05) is 12.6 Å². The summed E-state index contributed by atoms with van der Waals surface area (Å²) in [6, 6.07) is 0.127. The van der Waals surface area contributed by atoms with Crippen LogP contribution in [0.25, 0.3) is 0 Å². The number of hydrogen-bond acceptors (Lipinski definition) is 3. The van der Waals surface area contributed by atoms with E-state index in [2.05, 4.69) is 24.2 Å². The molecule has 1 aliphatic rings. The molecule has 3 unspecified atom stereocenters. The van der Waals surface area contributed by atoms with Gasteiger partial charge < -0.3 is 16.0 Å². The number of nitrogens with zero attached hydrogens (tertiary/aromatic N) is 1. The summed E-state index contributed by atoms with van der Waals surface area (Å²) in [5, 5.41) is 3.27. The summed E-state index contributed by atoms with van der Waals surface area (Å²) in [6.45, 7) is 6.27. The first-order chi connectivity index (χ1) is 7.00. The highest BCUT2D eigenvalue weighted by molar-refractivity contribution is 5.79. The summed E-state index contributed by atoms with van der Waals surface area (Å²) in [7, 11) is 2.15. The van der Waals surface area contributed by atoms with Gasteiger partial charge in [0.1, 0.15) is 0 Å². The lowest BCUT2D eigenvalue weighted by molar-refractivity contribution is -0.119. The third kappa shape index (κ3) is 3.80. The number of piperidine rings is 1. The number of primary amides is 1. The predicted molar refractivity (Wildman–Crippen MR) is 61.5 cm³/mol. The van der Waals surface area contributed by atoms with Gasteiger partial charge in [-0.1, -0.05) is 0 Å². The molecule has 3 atom stereocenters. The third-order valence-corrected chi connectivity index (χ3v) is 3.31. The van der Waals surface area contributed by atoms with E-state index < -0.39 is 0 Å². The summed E-state index contributed by atoms with van der Waals surface area (Å²) >= 11 is 0. The maximum atomic E-state index is 10.9. The van der Waals surface area contributed by atoms with E-state index in [1.807, 2.05) is 6.92 Å². The molecule has 0 spiro atoms. The molecule has 0 aromatic rings. The molecular formula is C11H23N3O. The van der Waals surface area contributed by atoms with Crippen molar-refractivity contribution in [3.05, 3.63) is 0 Å². The first-order valence-electron chi connectivity index (χ1n) is 5.74. The number of rotatable bonds is 4. The zero-order valence-electron chi connectivity index (χ0n) is 9.99. The highest BCUT2D eigenvalue weighted by Gasteiger charge is 2.24. The Morgan fingerprint density at radius 2 is 2.20 bits per heavy atom. The topological polar surface area (TPSA) is 58.4 Å². The number of amides is 1. The summed E-state index contributed by atoms with van der Waals surface area (Å²) in [5.41, 5.74) is 5.23. The van der Waals surface area contributed by atoms with E-state index in [9.17, 15) is 4.79 Å². The molecule has 1 saturated heterocycles. The quantitative estimate of drug-likeness (QED) is 0.700. The molecule has 0 aliphatic carbocycles. The van der Waals surface area contributed by atoms with Gasteiger partial charge >= 0.3 is 0 Å². The Morgan fingerprint density at radius 1 is 1.53 bits per heavy atom. The van der Waals surface area contributed by atoms with Crippen LogP contribution in [0.3, 0.4) is 0 Å². The maximum Gasteiger partial charge on any atom is 0.234 e. The van der Waals surface area contributed by atoms with Crippen molar-refractivity contribution in [2.45, 2.75) is 38.8 Å². The van der Waals surface area contributed by atoms with Crippen LogP contribution in [0.5, 0.6) is 0 Å². The van der Waals surface area contributed by atoms with Crippen LogP contribution in [0, 0.1) is 5.92 Å². The summed E-state index contributed by atoms with van der Waals surface area (Å²) in [5.74, 6) is 0.358. The molecule has 0 radical (unpaired) electrons. The molecule has 0 aromatic carbocycles. The zero-order chi connectivity index (χ0) is 11.4. The van der Waals surface area contributed by atoms with E-state index in [4.69, 9.17) is 5.73 Å². The molecule has 4 heteroatoms. The van der Waals surface area contributed by atoms with Crippen molar-refractivity contribution in [3.8, 4) is 0 Å². The van der Waals surface area contributed by atoms with Crippen molar-refractivity contribution in [2.75, 3.05) is 20.1 Å². The van der Waals surface area contributed by atoms with Gasteiger partial charge in [-0.25, -0.2) is 0 Å². The average Bonchev–Trinajstić information content (AvgIpc) is 2.17. The fraction of sp³-hybridized carbons (Fsp3) is 0.909. The van der Waals surface area contributed by atoms with Crippen molar-refractivity contribution >= 4 is 5.91 Å². The van der Waals surface area contributed by atoms with Crippen LogP contribution >= 0.6 is 0 Å². The number of likely N-dealkylation sites (tertiary alicyclic amines) is 1. The van der Waals surface area contributed by atoms with Gasteiger partial charge in [-0.15, -0.1) is 0 Å². The summed E-state index contributed by atoms with van der Waals surface area (Å²) < 4.78 is 0. The predicted octanol–water partition coefficient (Wildman–Crippen LogP) is 0.180. The second-order valence-corrected chi connectivity index (χ2v) is 4.74. The van der Waals surface area contributed by atoms with Crippen molar-refractivity contribution in [3.63, 3.8) is 0 Å². The van der Waals surface area contributed by atoms with Crippen molar-refractivity contribution in [1.82, 2.24) is 10.2 Å². The van der Waals surface area contributed by atoms with E-state index in [0.717, 1.165) is 6.54 Å². The molecule has 1 rings (SSSR count). The van der Waals surface area contributed by atoms with E-state index in [1.165, 1.54) is 19.4 Å². The minimum Gasteiger partial charge on any atom is -0.368 e. The Hall–Kier alpha value is -0.610. The van der Waals surface area contributed by atoms with E-state index in [-0.39, 0.29) is 11.9 Å². The second kappa shape index (κ2) is 5.47. The Kier molecular flexibility index (Phi) is 4.54. The van der Waals surface area contributed by atoms with Gasteiger partial charge in [-0.05, 0) is 46.2 Å². The smallest absolute Gasteiger partial charge is 0.234 e. The fourth-order valence-electron chi connectivity index (χ4n) is 2.23. The lowest BCUT2D eigenvalue weighted by Gasteiger charge is -2.34. The number of carbonyl (C=O) groups is 1. The van der Waals surface area contributed by atoms with Crippen LogP contribution < -0.4 is 11.1 Å². The number of nitrogens with two attached hydrogens (primary N) is 1. The van der Waals surface area contributed by atoms with Gasteiger partial charge in [0.2, 0.25) is 5.91 Å². The third-order valence-electron chi connectivity index (χ3n) is 3.31. The van der Waals surface area contributed by atoms with Crippen molar-refractivity contribution in [2.24, 2.45) is 11.7 Å².